The fraction of sp³-hybridized carbons (Fsp3) is 0.474. The monoisotopic (exact) mass is 457 g/mol. The summed E-state index contributed by atoms with van der Waals surface area (Å²) in [5, 5.41) is 0.893. The van der Waals surface area contributed by atoms with Gasteiger partial charge >= 0.3 is 11.6 Å². The van der Waals surface area contributed by atoms with Gasteiger partial charge in [0.1, 0.15) is 9.00 Å². The molecule has 0 aliphatic rings. The summed E-state index contributed by atoms with van der Waals surface area (Å²) >= 11 is 2.16. The highest BCUT2D eigenvalue weighted by molar-refractivity contribution is 14.1. The number of anilines is 1. The van der Waals surface area contributed by atoms with Crippen LogP contribution in [0.3, 0.4) is 0 Å². The van der Waals surface area contributed by atoms with Crippen LogP contribution in [0.15, 0.2) is 39.5 Å². The largest absolute Gasteiger partial charge is 0.465 e. The number of ether oxygens (including phenoxy) is 1. The standard InChI is InChI=1S/C19H24INO4/c1-4-10-19(2,20)18(23)24-12-7-11-21(3)15-13-17(22)25-16-9-6-5-8-14(15)16/h5-6,8-9,13H,4,7,10-12H2,1-3H3. The third-order valence-corrected chi connectivity index (χ3v) is 5.04. The number of nitrogens with zero attached hydrogens (tertiary/aromatic N) is 1. The molecule has 136 valence electrons. The zero-order valence-electron chi connectivity index (χ0n) is 14.9. The summed E-state index contributed by atoms with van der Waals surface area (Å²) in [5.74, 6) is -0.164. The minimum atomic E-state index is -0.465. The topological polar surface area (TPSA) is 59.8 Å². The van der Waals surface area contributed by atoms with Gasteiger partial charge in [0.2, 0.25) is 0 Å². The summed E-state index contributed by atoms with van der Waals surface area (Å²) < 4.78 is 10.2. The number of alkyl halides is 1. The summed E-state index contributed by atoms with van der Waals surface area (Å²) in [6.45, 7) is 5.00. The molecule has 1 heterocycles. The second-order valence-corrected chi connectivity index (χ2v) is 8.69. The van der Waals surface area contributed by atoms with Gasteiger partial charge in [-0.25, -0.2) is 4.79 Å². The number of para-hydroxylation sites is 1. The van der Waals surface area contributed by atoms with E-state index in [1.807, 2.05) is 37.1 Å². The van der Waals surface area contributed by atoms with Gasteiger partial charge in [-0.1, -0.05) is 48.1 Å². The minimum absolute atomic E-state index is 0.164. The molecule has 1 atom stereocenters. The van der Waals surface area contributed by atoms with E-state index in [9.17, 15) is 9.59 Å². The summed E-state index contributed by atoms with van der Waals surface area (Å²) in [4.78, 5) is 25.8. The van der Waals surface area contributed by atoms with E-state index in [0.29, 0.717) is 25.2 Å². The first-order valence-electron chi connectivity index (χ1n) is 8.45. The highest BCUT2D eigenvalue weighted by Crippen LogP contribution is 2.26. The van der Waals surface area contributed by atoms with Crippen LogP contribution in [0.1, 0.15) is 33.1 Å². The van der Waals surface area contributed by atoms with Crippen molar-refractivity contribution in [1.82, 2.24) is 0 Å². The molecule has 1 aromatic heterocycles. The van der Waals surface area contributed by atoms with Gasteiger partial charge in [-0.2, -0.15) is 0 Å². The third kappa shape index (κ3) is 5.20. The Morgan fingerprint density at radius 3 is 2.80 bits per heavy atom. The Balaban J connectivity index is 1.94. The summed E-state index contributed by atoms with van der Waals surface area (Å²) in [7, 11) is 1.92. The SMILES string of the molecule is CCCC(C)(I)C(=O)OCCCN(C)c1cc(=O)oc2ccccc12. The average Bonchev–Trinajstić information content (AvgIpc) is 2.57. The van der Waals surface area contributed by atoms with Gasteiger partial charge in [0.05, 0.1) is 12.3 Å². The van der Waals surface area contributed by atoms with Crippen molar-refractivity contribution >= 4 is 45.2 Å². The lowest BCUT2D eigenvalue weighted by Crippen LogP contribution is -2.31. The zero-order chi connectivity index (χ0) is 18.4. The van der Waals surface area contributed by atoms with Crippen LogP contribution in [0, 0.1) is 0 Å². The molecule has 0 bridgehead atoms. The number of halogens is 1. The molecular formula is C19H24INO4. The highest BCUT2D eigenvalue weighted by atomic mass is 127. The molecule has 0 saturated heterocycles. The first-order chi connectivity index (χ1) is 11.8. The highest BCUT2D eigenvalue weighted by Gasteiger charge is 2.30. The summed E-state index contributed by atoms with van der Waals surface area (Å²) in [5.41, 5.74) is 1.03. The number of esters is 1. The van der Waals surface area contributed by atoms with Crippen LogP contribution in [0.25, 0.3) is 11.0 Å². The van der Waals surface area contributed by atoms with E-state index in [1.165, 1.54) is 6.07 Å². The van der Waals surface area contributed by atoms with E-state index >= 15 is 0 Å². The number of hydrogen-bond donors (Lipinski definition) is 0. The van der Waals surface area contributed by atoms with E-state index in [1.54, 1.807) is 6.07 Å². The predicted octanol–water partition coefficient (Wildman–Crippen LogP) is 4.16. The minimum Gasteiger partial charge on any atom is -0.465 e. The van der Waals surface area contributed by atoms with Gasteiger partial charge in [-0.3, -0.25) is 4.79 Å². The molecule has 0 radical (unpaired) electrons. The Morgan fingerprint density at radius 1 is 1.36 bits per heavy atom. The fourth-order valence-electron chi connectivity index (χ4n) is 2.72. The molecule has 1 aromatic carbocycles. The van der Waals surface area contributed by atoms with Crippen LogP contribution in [0.5, 0.6) is 0 Å². The van der Waals surface area contributed by atoms with Crippen molar-refractivity contribution in [3.8, 4) is 0 Å². The Bertz CT molecular complexity index is 784. The maximum atomic E-state index is 12.1. The van der Waals surface area contributed by atoms with Crippen molar-refractivity contribution in [3.63, 3.8) is 0 Å². The number of benzene rings is 1. The molecule has 25 heavy (non-hydrogen) atoms. The van der Waals surface area contributed by atoms with Crippen LogP contribution >= 0.6 is 22.6 Å². The molecule has 0 saturated carbocycles. The maximum Gasteiger partial charge on any atom is 0.338 e. The number of carbonyl (C=O) groups excluding carboxylic acids is 1. The van der Waals surface area contributed by atoms with Crippen LogP contribution in [0.2, 0.25) is 0 Å². The van der Waals surface area contributed by atoms with Crippen molar-refractivity contribution < 1.29 is 13.9 Å². The number of fused-ring (bicyclic) bond motifs is 1. The molecule has 0 spiro atoms. The van der Waals surface area contributed by atoms with E-state index in [-0.39, 0.29) is 11.6 Å². The van der Waals surface area contributed by atoms with E-state index in [4.69, 9.17) is 9.15 Å². The molecule has 0 aliphatic carbocycles. The van der Waals surface area contributed by atoms with Crippen LogP contribution in [0.4, 0.5) is 5.69 Å². The molecule has 0 amide bonds. The van der Waals surface area contributed by atoms with E-state index in [2.05, 4.69) is 29.5 Å². The van der Waals surface area contributed by atoms with Crippen LogP contribution < -0.4 is 10.5 Å². The van der Waals surface area contributed by atoms with Crippen molar-refractivity contribution in [2.75, 3.05) is 25.1 Å². The molecule has 0 aliphatic heterocycles. The Hall–Kier alpha value is -1.57. The molecule has 0 fully saturated rings. The molecule has 6 heteroatoms. The molecule has 1 unspecified atom stereocenters. The smallest absolute Gasteiger partial charge is 0.338 e. The molecular weight excluding hydrogens is 433 g/mol. The van der Waals surface area contributed by atoms with E-state index in [0.717, 1.165) is 23.9 Å². The lowest BCUT2D eigenvalue weighted by atomic mass is 10.1. The van der Waals surface area contributed by atoms with Gasteiger partial charge < -0.3 is 14.1 Å². The Labute approximate surface area is 161 Å². The maximum absolute atomic E-state index is 12.1. The van der Waals surface area contributed by atoms with Crippen molar-refractivity contribution in [1.29, 1.82) is 0 Å². The molecule has 0 N–H and O–H groups in total. The Kier molecular flexibility index (Phi) is 6.87. The van der Waals surface area contributed by atoms with Crippen molar-refractivity contribution in [2.45, 2.75) is 36.5 Å². The van der Waals surface area contributed by atoms with Crippen molar-refractivity contribution in [2.24, 2.45) is 0 Å². The molecule has 2 aromatic rings. The lowest BCUT2D eigenvalue weighted by molar-refractivity contribution is -0.145. The first kappa shape index (κ1) is 19.8. The predicted molar refractivity (Wildman–Crippen MR) is 109 cm³/mol. The second kappa shape index (κ2) is 8.69. The molecule has 5 nitrogen and oxygen atoms in total. The fourth-order valence-corrected chi connectivity index (χ4v) is 3.41. The average molecular weight is 457 g/mol. The van der Waals surface area contributed by atoms with E-state index < -0.39 is 3.42 Å². The Morgan fingerprint density at radius 2 is 2.08 bits per heavy atom. The van der Waals surface area contributed by atoms with Gasteiger partial charge in [0.25, 0.3) is 0 Å². The molecule has 2 rings (SSSR count). The van der Waals surface area contributed by atoms with Gasteiger partial charge in [-0.05, 0) is 31.9 Å². The normalized spacial score (nSPS) is 13.4. The number of rotatable bonds is 8. The summed E-state index contributed by atoms with van der Waals surface area (Å²) in [6.07, 6.45) is 2.44. The third-order valence-electron chi connectivity index (χ3n) is 4.06. The van der Waals surface area contributed by atoms with Crippen LogP contribution in [-0.2, 0) is 9.53 Å². The van der Waals surface area contributed by atoms with Crippen molar-refractivity contribution in [3.05, 3.63) is 40.8 Å². The van der Waals surface area contributed by atoms with Crippen LogP contribution in [-0.4, -0.2) is 29.6 Å². The van der Waals surface area contributed by atoms with Gasteiger partial charge in [-0.15, -0.1) is 0 Å². The van der Waals surface area contributed by atoms with Gasteiger partial charge in [0, 0.05) is 25.0 Å². The summed E-state index contributed by atoms with van der Waals surface area (Å²) in [6, 6.07) is 8.96. The second-order valence-electron chi connectivity index (χ2n) is 6.31. The lowest BCUT2D eigenvalue weighted by Gasteiger charge is -2.22. The number of hydrogen-bond acceptors (Lipinski definition) is 5. The quantitative estimate of drug-likeness (QED) is 0.196. The number of carbonyl (C=O) groups is 1. The zero-order valence-corrected chi connectivity index (χ0v) is 17.0. The van der Waals surface area contributed by atoms with Gasteiger partial charge in [0.15, 0.2) is 0 Å². The first-order valence-corrected chi connectivity index (χ1v) is 9.53.